The van der Waals surface area contributed by atoms with Crippen LogP contribution in [-0.4, -0.2) is 269 Å². The van der Waals surface area contributed by atoms with E-state index in [4.69, 9.17) is 35.2 Å². The number of aromatic nitrogens is 1. The van der Waals surface area contributed by atoms with Gasteiger partial charge in [-0.2, -0.15) is 11.8 Å². The van der Waals surface area contributed by atoms with Crippen molar-refractivity contribution in [3.05, 3.63) is 47.3 Å². The van der Waals surface area contributed by atoms with Crippen LogP contribution in [-0.2, 0) is 89.9 Å². The minimum absolute atomic E-state index is 0.0312. The number of methoxy groups -OCH3 is 1. The number of nitrogens with zero attached hydrogens (tertiary/aromatic N) is 3. The zero-order valence-electron chi connectivity index (χ0n) is 55.0. The molecule has 36 heteroatoms. The molecule has 97 heavy (non-hydrogen) atoms. The van der Waals surface area contributed by atoms with Gasteiger partial charge in [-0.1, -0.05) is 27.2 Å². The molecule has 0 radical (unpaired) electrons. The molecule has 6 rings (SSSR count). The first-order valence-corrected chi connectivity index (χ1v) is 34.6. The van der Waals surface area contributed by atoms with E-state index < -0.39 is 145 Å². The number of hydrogen-bond acceptors (Lipinski definition) is 25. The number of imide groups is 1. The molecule has 2 aromatic rings. The van der Waals surface area contributed by atoms with Crippen molar-refractivity contribution in [3.63, 3.8) is 0 Å². The van der Waals surface area contributed by atoms with Crippen LogP contribution in [0.4, 0.5) is 0 Å². The number of rotatable bonds is 37. The maximum Gasteiger partial charge on any atom is 0.253 e. The molecule has 5 heterocycles. The number of benzene rings is 1. The van der Waals surface area contributed by atoms with E-state index in [2.05, 4.69) is 47.8 Å². The minimum atomic E-state index is -2.35. The molecule has 17 N–H and O–H groups in total. The van der Waals surface area contributed by atoms with Gasteiger partial charge in [0.15, 0.2) is 0 Å². The summed E-state index contributed by atoms with van der Waals surface area (Å²) in [4.78, 5) is 138. The fraction of sp³-hybridized carbons (Fsp3) is 0.639. The maximum absolute atomic E-state index is 15.2. The highest BCUT2D eigenvalue weighted by atomic mass is 32.2. The molecule has 1 unspecified atom stereocenters. The summed E-state index contributed by atoms with van der Waals surface area (Å²) in [5.74, 6) is -8.64. The molecule has 1 aromatic heterocycles. The van der Waals surface area contributed by atoms with Gasteiger partial charge in [0, 0.05) is 66.9 Å². The van der Waals surface area contributed by atoms with Gasteiger partial charge >= 0.3 is 0 Å². The van der Waals surface area contributed by atoms with Crippen molar-refractivity contribution in [3.8, 4) is 5.75 Å². The summed E-state index contributed by atoms with van der Waals surface area (Å²) in [7, 11) is -0.889. The molecule has 0 bridgehead atoms. The third kappa shape index (κ3) is 23.7. The molecule has 4 aliphatic rings. The predicted molar refractivity (Wildman–Crippen MR) is 350 cm³/mol. The number of carbonyl (C=O) groups is 10. The number of aliphatic hydroxyl groups is 4. The number of carbonyl (C=O) groups excluding carboxylic acids is 10. The van der Waals surface area contributed by atoms with Crippen LogP contribution in [0, 0.1) is 11.8 Å². The molecule has 10 amide bonds. The van der Waals surface area contributed by atoms with Crippen LogP contribution in [0.2, 0.25) is 0 Å². The van der Waals surface area contributed by atoms with Gasteiger partial charge in [0.25, 0.3) is 11.8 Å². The molecular formula is C61H94N14O20S2. The Morgan fingerprint density at radius 1 is 0.866 bits per heavy atom. The normalized spacial score (nSPS) is 22.3. The van der Waals surface area contributed by atoms with E-state index in [-0.39, 0.29) is 73.2 Å². The number of H-pyrrole nitrogens is 1. The zero-order valence-corrected chi connectivity index (χ0v) is 56.6. The van der Waals surface area contributed by atoms with Crippen LogP contribution in [0.3, 0.4) is 0 Å². The Bertz CT molecular complexity index is 3120. The van der Waals surface area contributed by atoms with Crippen LogP contribution >= 0.6 is 11.8 Å². The van der Waals surface area contributed by atoms with Crippen molar-refractivity contribution in [1.29, 1.82) is 0 Å². The lowest BCUT2D eigenvalue weighted by Crippen LogP contribution is -2.61. The van der Waals surface area contributed by atoms with E-state index in [1.807, 2.05) is 6.92 Å². The largest absolute Gasteiger partial charge is 0.496 e. The second-order valence-corrected chi connectivity index (χ2v) is 26.2. The van der Waals surface area contributed by atoms with Gasteiger partial charge in [-0.15, -0.1) is 5.53 Å². The second-order valence-electron chi connectivity index (χ2n) is 23.7. The SMILES string of the molecule is CC[C@H](C)[C@H](N)C(=O)NCC(=O)N[C@H]1CS(=O)c2[nH]c3c(CSCCCCNC(=O)CCOCCOCCOCCOCCN4C=C(CN5C(=O)C=CC5=O)NN4)c(OC)ccc3c2C[C@@H](CO)NC(=O)[C@H]([C@@H](C)[C@@H](O)CO)NC(=O)[C@@H]2C[C@@H](O)CN2C(=O)[C@H](CC(N)=O)NC1=O. The molecule has 0 saturated carbocycles. The highest BCUT2D eigenvalue weighted by molar-refractivity contribution is 7.98. The minimum Gasteiger partial charge on any atom is -0.496 e. The molecule has 1 aromatic carbocycles. The summed E-state index contributed by atoms with van der Waals surface area (Å²) < 4.78 is 43.3. The highest BCUT2D eigenvalue weighted by Gasteiger charge is 2.45. The Morgan fingerprint density at radius 2 is 1.55 bits per heavy atom. The van der Waals surface area contributed by atoms with Crippen molar-refractivity contribution >= 4 is 92.5 Å². The number of fused-ring (bicyclic) bond motifs is 4. The fourth-order valence-corrected chi connectivity index (χ4v) is 13.2. The lowest BCUT2D eigenvalue weighted by molar-refractivity contribution is -0.144. The number of thioether (sulfide) groups is 1. The predicted octanol–water partition coefficient (Wildman–Crippen LogP) is -5.23. The van der Waals surface area contributed by atoms with Crippen molar-refractivity contribution in [2.45, 2.75) is 125 Å². The third-order valence-electron chi connectivity index (χ3n) is 16.6. The Hall–Kier alpha value is -7.36. The summed E-state index contributed by atoms with van der Waals surface area (Å²) in [6, 6.07) is -5.69. The molecule has 0 spiro atoms. The van der Waals surface area contributed by atoms with Gasteiger partial charge in [-0.25, -0.2) is 0 Å². The first-order valence-electron chi connectivity index (χ1n) is 32.2. The van der Waals surface area contributed by atoms with E-state index in [1.165, 1.54) is 37.9 Å². The monoisotopic (exact) mass is 1410 g/mol. The number of aliphatic hydroxyl groups excluding tert-OH is 4. The van der Waals surface area contributed by atoms with Gasteiger partial charge in [-0.3, -0.25) is 62.1 Å². The Labute approximate surface area is 567 Å². The van der Waals surface area contributed by atoms with Gasteiger partial charge in [0.2, 0.25) is 47.3 Å². The van der Waals surface area contributed by atoms with Crippen LogP contribution in [0.5, 0.6) is 5.75 Å². The average molecular weight is 1410 g/mol. The summed E-state index contributed by atoms with van der Waals surface area (Å²) >= 11 is 1.53. The second kappa shape index (κ2) is 39.9. The first-order chi connectivity index (χ1) is 46.5. The fourth-order valence-electron chi connectivity index (χ4n) is 10.7. The lowest BCUT2D eigenvalue weighted by Gasteiger charge is -2.32. The number of primary amides is 1. The van der Waals surface area contributed by atoms with Gasteiger partial charge < -0.3 is 103 Å². The number of amides is 10. The summed E-state index contributed by atoms with van der Waals surface area (Å²) in [6.45, 7) is 5.80. The van der Waals surface area contributed by atoms with Gasteiger partial charge in [0.05, 0.1) is 151 Å². The lowest BCUT2D eigenvalue weighted by atomic mass is 9.94. The molecule has 1 fully saturated rings. The standard InChI is InChI=1S/C61H94N14O20S2/c1-5-35(2)53(63)58(87)65-27-50(82)67-44-34-97(90)60-41(24-37(31-76)66-59(88)54(36(3)46(79)32-77)69-57(86)45-25-39(78)30-74(45)61(89)43(26-48(62)80)68-56(44)85)40-8-9-47(91-4)42(55(40)70-60)33-96-23-7-6-13-64-49(81)12-15-92-17-19-94-21-22-95-20-18-93-16-14-73-28-38(71-72-73)29-75-51(83)10-11-52(75)84/h8-11,28,35-37,39,43-46,53-54,70-72,76-79H,5-7,12-27,29-34,63H2,1-4H3,(H2,62,80)(H,64,81)(H,65,87)(H,66,88)(H,67,82)(H,68,85)(H,69,86)/t35-,36-,37-,39+,43-,44-,45-,46-,53-,54-,97?/m0/s1. The maximum atomic E-state index is 15.2. The highest BCUT2D eigenvalue weighted by Crippen LogP contribution is 2.36. The average Bonchev–Trinajstić information content (AvgIpc) is 1.63. The van der Waals surface area contributed by atoms with E-state index >= 15 is 4.21 Å². The Balaban J connectivity index is 1.06. The van der Waals surface area contributed by atoms with Gasteiger partial charge in [0.1, 0.15) is 34.9 Å². The van der Waals surface area contributed by atoms with Crippen LogP contribution in [0.15, 0.2) is 41.2 Å². The molecule has 540 valence electrons. The number of hydrogen-bond donors (Lipinski definition) is 15. The molecule has 0 aliphatic carbocycles. The molecule has 4 aliphatic heterocycles. The quantitative estimate of drug-likeness (QED) is 0.0222. The third-order valence-corrected chi connectivity index (χ3v) is 19.1. The van der Waals surface area contributed by atoms with E-state index in [9.17, 15) is 68.4 Å². The van der Waals surface area contributed by atoms with Crippen LogP contribution in [0.25, 0.3) is 10.9 Å². The Kier molecular flexibility index (Phi) is 32.3. The van der Waals surface area contributed by atoms with Crippen molar-refractivity contribution in [2.24, 2.45) is 23.3 Å². The smallest absolute Gasteiger partial charge is 0.253 e. The molecule has 1 saturated heterocycles. The van der Waals surface area contributed by atoms with Crippen molar-refractivity contribution < 1.29 is 96.3 Å². The summed E-state index contributed by atoms with van der Waals surface area (Å²) in [6.07, 6.45) is 1.82. The number of aromatic amines is 1. The van der Waals surface area contributed by atoms with E-state index in [1.54, 1.807) is 30.3 Å². The Morgan fingerprint density at radius 3 is 2.20 bits per heavy atom. The van der Waals surface area contributed by atoms with E-state index in [0.29, 0.717) is 111 Å². The number of unbranched alkanes of at least 4 members (excludes halogenated alkanes) is 1. The summed E-state index contributed by atoms with van der Waals surface area (Å²) in [5, 5.41) is 60.2. The molecular weight excluding hydrogens is 1310 g/mol. The first kappa shape index (κ1) is 78.6. The van der Waals surface area contributed by atoms with Gasteiger partial charge in [-0.05, 0) is 48.6 Å². The van der Waals surface area contributed by atoms with E-state index in [0.717, 1.165) is 9.80 Å². The number of nitrogens with two attached hydrogens (primary N) is 2. The molecule has 11 atom stereocenters. The number of hydrazine groups is 2. The van der Waals surface area contributed by atoms with Crippen molar-refractivity contribution in [1.82, 2.24) is 62.7 Å². The zero-order chi connectivity index (χ0) is 70.7. The molecule has 34 nitrogen and oxygen atoms in total. The topological polar surface area (TPSA) is 489 Å². The number of ether oxygens (including phenoxy) is 5. The van der Waals surface area contributed by atoms with Crippen molar-refractivity contribution in [2.75, 3.05) is 117 Å². The van der Waals surface area contributed by atoms with Crippen LogP contribution < -0.4 is 59.1 Å². The van der Waals surface area contributed by atoms with Crippen LogP contribution in [0.1, 0.15) is 70.4 Å². The number of nitrogens with one attached hydrogen (secondary N) is 9. The summed E-state index contributed by atoms with van der Waals surface area (Å²) in [5.41, 5.74) is 19.5.